The summed E-state index contributed by atoms with van der Waals surface area (Å²) in [6.07, 6.45) is -0.266. The maximum Gasteiger partial charge on any atom is 0.295 e. The minimum atomic E-state index is -1.26. The number of nitro benzene ring substituents is 1. The van der Waals surface area contributed by atoms with Crippen LogP contribution >= 0.6 is 0 Å². The van der Waals surface area contributed by atoms with E-state index >= 15 is 0 Å². The van der Waals surface area contributed by atoms with E-state index in [1.165, 1.54) is 0 Å². The lowest BCUT2D eigenvalue weighted by molar-refractivity contribution is -0.384. The largest absolute Gasteiger partial charge is 0.377 e. The fraction of sp³-hybridized carbons (Fsp3) is 0.455. The molecule has 1 atom stereocenters. The van der Waals surface area contributed by atoms with Gasteiger partial charge in [-0.1, -0.05) is 0 Å². The fourth-order valence-electron chi connectivity index (χ4n) is 1.45. The van der Waals surface area contributed by atoms with Gasteiger partial charge < -0.3 is 10.1 Å². The molecule has 0 spiro atoms. The van der Waals surface area contributed by atoms with Gasteiger partial charge in [-0.15, -0.1) is 0 Å². The van der Waals surface area contributed by atoms with E-state index in [0.717, 1.165) is 12.1 Å². The van der Waals surface area contributed by atoms with E-state index in [-0.39, 0.29) is 12.6 Å². The maximum absolute atomic E-state index is 13.5. The lowest BCUT2D eigenvalue weighted by Crippen LogP contribution is -2.21. The first kappa shape index (κ1) is 14.3. The molecule has 0 radical (unpaired) electrons. The fourth-order valence-corrected chi connectivity index (χ4v) is 1.45. The molecule has 0 saturated heterocycles. The van der Waals surface area contributed by atoms with Crippen LogP contribution in [0.1, 0.15) is 13.8 Å². The monoisotopic (exact) mass is 260 g/mol. The minimum absolute atomic E-state index is 0.148. The van der Waals surface area contributed by atoms with Gasteiger partial charge in [0.1, 0.15) is 0 Å². The molecule has 0 aliphatic heterocycles. The molecule has 0 bridgehead atoms. The summed E-state index contributed by atoms with van der Waals surface area (Å²) in [5, 5.41) is 13.2. The van der Waals surface area contributed by atoms with Crippen molar-refractivity contribution in [1.82, 2.24) is 0 Å². The van der Waals surface area contributed by atoms with Gasteiger partial charge in [0.15, 0.2) is 17.3 Å². The van der Waals surface area contributed by atoms with Gasteiger partial charge in [0.2, 0.25) is 0 Å². The zero-order valence-electron chi connectivity index (χ0n) is 10.1. The van der Waals surface area contributed by atoms with Crippen molar-refractivity contribution in [3.8, 4) is 0 Å². The number of nitro groups is 1. The van der Waals surface area contributed by atoms with Crippen LogP contribution in [0.5, 0.6) is 0 Å². The second-order valence-electron chi connectivity index (χ2n) is 3.66. The lowest BCUT2D eigenvalue weighted by atomic mass is 10.2. The number of halogens is 2. The quantitative estimate of drug-likeness (QED) is 0.631. The van der Waals surface area contributed by atoms with E-state index in [0.29, 0.717) is 6.61 Å². The number of benzene rings is 1. The van der Waals surface area contributed by atoms with Gasteiger partial charge in [-0.2, -0.15) is 0 Å². The lowest BCUT2D eigenvalue weighted by Gasteiger charge is -2.14. The summed E-state index contributed by atoms with van der Waals surface area (Å²) in [5.74, 6) is -2.39. The SMILES string of the molecule is CCOC(C)CNc1c([N+](=O)[O-])ccc(F)c1F. The Morgan fingerprint density at radius 2 is 2.17 bits per heavy atom. The predicted molar refractivity (Wildman–Crippen MR) is 62.6 cm³/mol. The molecule has 5 nitrogen and oxygen atoms in total. The Bertz CT molecular complexity index is 441. The Kier molecular flexibility index (Phi) is 4.96. The summed E-state index contributed by atoms with van der Waals surface area (Å²) < 4.78 is 31.7. The first-order valence-corrected chi connectivity index (χ1v) is 5.45. The maximum atomic E-state index is 13.5. The van der Waals surface area contributed by atoms with Crippen LogP contribution in [-0.2, 0) is 4.74 Å². The van der Waals surface area contributed by atoms with Gasteiger partial charge in [-0.05, 0) is 19.9 Å². The highest BCUT2D eigenvalue weighted by molar-refractivity contribution is 5.62. The topological polar surface area (TPSA) is 64.4 Å². The van der Waals surface area contributed by atoms with Crippen molar-refractivity contribution >= 4 is 11.4 Å². The smallest absolute Gasteiger partial charge is 0.295 e. The van der Waals surface area contributed by atoms with Gasteiger partial charge in [0, 0.05) is 19.2 Å². The number of rotatable bonds is 6. The Hall–Kier alpha value is -1.76. The molecule has 1 N–H and O–H groups in total. The Labute approximate surface area is 103 Å². The van der Waals surface area contributed by atoms with Crippen LogP contribution in [0.25, 0.3) is 0 Å². The second kappa shape index (κ2) is 6.25. The summed E-state index contributed by atoms with van der Waals surface area (Å²) in [7, 11) is 0. The normalized spacial score (nSPS) is 12.2. The Morgan fingerprint density at radius 1 is 1.50 bits per heavy atom. The molecule has 100 valence electrons. The van der Waals surface area contributed by atoms with Crippen LogP contribution in [0.15, 0.2) is 12.1 Å². The minimum Gasteiger partial charge on any atom is -0.377 e. The van der Waals surface area contributed by atoms with Crippen LogP contribution in [0.3, 0.4) is 0 Å². The molecule has 0 aliphatic rings. The number of nitrogens with one attached hydrogen (secondary N) is 1. The second-order valence-corrected chi connectivity index (χ2v) is 3.66. The van der Waals surface area contributed by atoms with Crippen molar-refractivity contribution in [2.45, 2.75) is 20.0 Å². The van der Waals surface area contributed by atoms with Gasteiger partial charge in [0.05, 0.1) is 11.0 Å². The molecule has 1 rings (SSSR count). The van der Waals surface area contributed by atoms with Crippen molar-refractivity contribution in [3.63, 3.8) is 0 Å². The zero-order valence-corrected chi connectivity index (χ0v) is 10.1. The molecule has 0 aromatic heterocycles. The highest BCUT2D eigenvalue weighted by atomic mass is 19.2. The van der Waals surface area contributed by atoms with Crippen molar-refractivity contribution in [2.75, 3.05) is 18.5 Å². The molecule has 1 aromatic rings. The predicted octanol–water partition coefficient (Wildman–Crippen LogP) is 2.71. The standard InChI is InChI=1S/C11H14F2N2O3/c1-3-18-7(2)6-14-11-9(15(16)17)5-4-8(12)10(11)13/h4-5,7,14H,3,6H2,1-2H3. The van der Waals surface area contributed by atoms with E-state index in [4.69, 9.17) is 4.74 Å². The van der Waals surface area contributed by atoms with Gasteiger partial charge in [-0.25, -0.2) is 8.78 Å². The first-order valence-electron chi connectivity index (χ1n) is 5.45. The summed E-state index contributed by atoms with van der Waals surface area (Å²) in [6, 6.07) is 1.65. The molecule has 0 aliphatic carbocycles. The van der Waals surface area contributed by atoms with Crippen molar-refractivity contribution in [2.24, 2.45) is 0 Å². The molecule has 7 heteroatoms. The van der Waals surface area contributed by atoms with Crippen LogP contribution < -0.4 is 5.32 Å². The summed E-state index contributed by atoms with van der Waals surface area (Å²) in [5.41, 5.74) is -0.954. The average Bonchev–Trinajstić information content (AvgIpc) is 2.31. The molecule has 0 saturated carbocycles. The van der Waals surface area contributed by atoms with E-state index in [9.17, 15) is 18.9 Å². The van der Waals surface area contributed by atoms with Crippen LogP contribution in [0.4, 0.5) is 20.2 Å². The van der Waals surface area contributed by atoms with Gasteiger partial charge in [-0.3, -0.25) is 10.1 Å². The number of hydrogen-bond acceptors (Lipinski definition) is 4. The molecular weight excluding hydrogens is 246 g/mol. The number of nitrogens with zero attached hydrogens (tertiary/aromatic N) is 1. The average molecular weight is 260 g/mol. The number of ether oxygens (including phenoxy) is 1. The van der Waals surface area contributed by atoms with Crippen LogP contribution in [0, 0.1) is 21.7 Å². The number of hydrogen-bond donors (Lipinski definition) is 1. The van der Waals surface area contributed by atoms with Gasteiger partial charge >= 0.3 is 0 Å². The summed E-state index contributed by atoms with van der Waals surface area (Å²) >= 11 is 0. The van der Waals surface area contributed by atoms with E-state index in [1.54, 1.807) is 13.8 Å². The summed E-state index contributed by atoms with van der Waals surface area (Å²) in [4.78, 5) is 9.93. The third-order valence-corrected chi connectivity index (χ3v) is 2.29. The molecule has 0 fully saturated rings. The highest BCUT2D eigenvalue weighted by Crippen LogP contribution is 2.28. The molecular formula is C11H14F2N2O3. The number of anilines is 1. The summed E-state index contributed by atoms with van der Waals surface area (Å²) in [6.45, 7) is 4.13. The molecule has 0 amide bonds. The third kappa shape index (κ3) is 3.36. The first-order chi connectivity index (χ1) is 8.47. The zero-order chi connectivity index (χ0) is 13.7. The van der Waals surface area contributed by atoms with Crippen LogP contribution in [-0.4, -0.2) is 24.2 Å². The molecule has 1 unspecified atom stereocenters. The molecule has 18 heavy (non-hydrogen) atoms. The molecule has 0 heterocycles. The van der Waals surface area contributed by atoms with E-state index < -0.39 is 27.9 Å². The van der Waals surface area contributed by atoms with Crippen molar-refractivity contribution < 1.29 is 18.4 Å². The Balaban J connectivity index is 2.92. The van der Waals surface area contributed by atoms with Crippen molar-refractivity contribution in [3.05, 3.63) is 33.9 Å². The highest BCUT2D eigenvalue weighted by Gasteiger charge is 2.21. The third-order valence-electron chi connectivity index (χ3n) is 2.29. The molecule has 1 aromatic carbocycles. The van der Waals surface area contributed by atoms with Crippen LogP contribution in [0.2, 0.25) is 0 Å². The van der Waals surface area contributed by atoms with E-state index in [2.05, 4.69) is 5.32 Å². The van der Waals surface area contributed by atoms with E-state index in [1.807, 2.05) is 0 Å². The van der Waals surface area contributed by atoms with Gasteiger partial charge in [0.25, 0.3) is 5.69 Å². The van der Waals surface area contributed by atoms with Crippen molar-refractivity contribution in [1.29, 1.82) is 0 Å². The Morgan fingerprint density at radius 3 is 2.72 bits per heavy atom.